The molecule has 3 saturated carbocycles. The molecular weight excluding hydrogens is 380 g/mol. The lowest BCUT2D eigenvalue weighted by molar-refractivity contribution is -0.324. The van der Waals surface area contributed by atoms with Crippen molar-refractivity contribution in [3.05, 3.63) is 0 Å². The fourth-order valence-corrected chi connectivity index (χ4v) is 10.2. The van der Waals surface area contributed by atoms with Crippen LogP contribution in [0.4, 0.5) is 0 Å². The van der Waals surface area contributed by atoms with Crippen molar-refractivity contribution in [2.45, 2.75) is 129 Å². The van der Waals surface area contributed by atoms with E-state index >= 15 is 0 Å². The highest BCUT2D eigenvalue weighted by Crippen LogP contribution is 2.72. The summed E-state index contributed by atoms with van der Waals surface area (Å²) in [7, 11) is 1.88. The lowest BCUT2D eigenvalue weighted by atomic mass is 9.44. The van der Waals surface area contributed by atoms with E-state index in [1.807, 2.05) is 7.11 Å². The molecule has 2 aliphatic heterocycles. The monoisotopic (exact) mass is 430 g/mol. The van der Waals surface area contributed by atoms with Crippen LogP contribution in [0.1, 0.15) is 118 Å². The molecule has 0 aromatic heterocycles. The van der Waals surface area contributed by atoms with Crippen molar-refractivity contribution in [1.29, 1.82) is 0 Å². The first-order valence-corrected chi connectivity index (χ1v) is 13.9. The maximum atomic E-state index is 6.91. The van der Waals surface area contributed by atoms with Crippen LogP contribution in [0, 0.1) is 46.3 Å². The van der Waals surface area contributed by atoms with E-state index in [4.69, 9.17) is 9.47 Å². The molecule has 0 aromatic carbocycles. The van der Waals surface area contributed by atoms with Gasteiger partial charge in [-0.2, -0.15) is 0 Å². The van der Waals surface area contributed by atoms with Crippen LogP contribution in [-0.2, 0) is 9.47 Å². The second kappa shape index (κ2) is 7.72. The standard InChI is InChI=1S/C29H50O2/c1-20(2)8-7-9-21(3)23-10-11-24-22-12-15-28-17-19-29(30-6,31-28)18-16-27(28,5)25(22)13-14-26(23,24)4/h20-25H,7-19H2,1-6H3/t21-,22+,23-,24+,25+,26-,27-,28+,29+/m1/s1. The number of methoxy groups -OCH3 is 1. The molecule has 2 heteroatoms. The van der Waals surface area contributed by atoms with Crippen LogP contribution in [0.2, 0.25) is 0 Å². The number of hydrogen-bond acceptors (Lipinski definition) is 2. The van der Waals surface area contributed by atoms with Crippen LogP contribution >= 0.6 is 0 Å². The third kappa shape index (κ3) is 3.23. The number of fused-ring (bicyclic) bond motifs is 5. The van der Waals surface area contributed by atoms with Crippen LogP contribution < -0.4 is 0 Å². The van der Waals surface area contributed by atoms with Gasteiger partial charge >= 0.3 is 0 Å². The van der Waals surface area contributed by atoms with Crippen LogP contribution in [0.15, 0.2) is 0 Å². The van der Waals surface area contributed by atoms with Gasteiger partial charge < -0.3 is 9.47 Å². The second-order valence-corrected chi connectivity index (χ2v) is 13.6. The molecule has 0 N–H and O–H groups in total. The Hall–Kier alpha value is -0.0800. The summed E-state index contributed by atoms with van der Waals surface area (Å²) in [5.74, 6) is 5.27. The molecule has 0 aromatic rings. The van der Waals surface area contributed by atoms with Gasteiger partial charge in [0.05, 0.1) is 5.60 Å². The van der Waals surface area contributed by atoms with Gasteiger partial charge in [0.2, 0.25) is 0 Å². The molecule has 31 heavy (non-hydrogen) atoms. The summed E-state index contributed by atoms with van der Waals surface area (Å²) in [4.78, 5) is 0. The SMILES string of the molecule is CO[C@@]12CC[C@]3(CC[C@H]4[C@@H]5CC[C@H]([C@H](C)CCCC(C)C)[C@@]5(C)CC[C@@H]4[C@@]3(C)CC1)O2. The quantitative estimate of drug-likeness (QED) is 0.425. The topological polar surface area (TPSA) is 18.5 Å². The van der Waals surface area contributed by atoms with E-state index in [2.05, 4.69) is 34.6 Å². The fraction of sp³-hybridized carbons (Fsp3) is 1.00. The average molecular weight is 431 g/mol. The maximum Gasteiger partial charge on any atom is 0.168 e. The Morgan fingerprint density at radius 1 is 0.839 bits per heavy atom. The minimum Gasteiger partial charge on any atom is -0.353 e. The molecule has 3 aliphatic carbocycles. The van der Waals surface area contributed by atoms with Crippen molar-refractivity contribution < 1.29 is 9.47 Å². The number of hydrogen-bond donors (Lipinski definition) is 0. The molecule has 2 bridgehead atoms. The molecular formula is C29H50O2. The Bertz CT molecular complexity index is 674. The molecule has 1 spiro atoms. The summed E-state index contributed by atoms with van der Waals surface area (Å²) >= 11 is 0. The molecule has 178 valence electrons. The zero-order valence-corrected chi connectivity index (χ0v) is 21.5. The van der Waals surface area contributed by atoms with Crippen LogP contribution in [0.25, 0.3) is 0 Å². The normalized spacial score (nSPS) is 52.0. The van der Waals surface area contributed by atoms with E-state index in [1.165, 1.54) is 70.6 Å². The molecule has 9 atom stereocenters. The minimum absolute atomic E-state index is 0.109. The predicted molar refractivity (Wildman–Crippen MR) is 128 cm³/mol. The van der Waals surface area contributed by atoms with Crippen LogP contribution in [-0.4, -0.2) is 18.5 Å². The molecule has 0 amide bonds. The second-order valence-electron chi connectivity index (χ2n) is 13.6. The van der Waals surface area contributed by atoms with Gasteiger partial charge in [-0.1, -0.05) is 53.9 Å². The van der Waals surface area contributed by atoms with E-state index in [9.17, 15) is 0 Å². The van der Waals surface area contributed by atoms with Gasteiger partial charge in [-0.15, -0.1) is 0 Å². The molecule has 2 saturated heterocycles. The Kier molecular flexibility index (Phi) is 5.66. The van der Waals surface area contributed by atoms with E-state index in [0.29, 0.717) is 10.8 Å². The minimum atomic E-state index is -0.251. The molecule has 5 aliphatic rings. The largest absolute Gasteiger partial charge is 0.353 e. The lowest BCUT2D eigenvalue weighted by Crippen LogP contribution is -2.63. The Labute approximate surface area is 192 Å². The molecule has 0 unspecified atom stereocenters. The van der Waals surface area contributed by atoms with Gasteiger partial charge in [0.1, 0.15) is 0 Å². The highest BCUT2D eigenvalue weighted by atomic mass is 16.7. The smallest absolute Gasteiger partial charge is 0.168 e. The van der Waals surface area contributed by atoms with E-state index in [0.717, 1.165) is 48.3 Å². The molecule has 5 fully saturated rings. The molecule has 0 radical (unpaired) electrons. The fourth-order valence-electron chi connectivity index (χ4n) is 10.2. The molecule has 5 rings (SSSR count). The molecule has 2 nitrogen and oxygen atoms in total. The van der Waals surface area contributed by atoms with Gasteiger partial charge in [0, 0.05) is 25.4 Å². The van der Waals surface area contributed by atoms with Crippen LogP contribution in [0.5, 0.6) is 0 Å². The van der Waals surface area contributed by atoms with Crippen molar-refractivity contribution in [1.82, 2.24) is 0 Å². The third-order valence-corrected chi connectivity index (χ3v) is 12.1. The first-order chi connectivity index (χ1) is 14.7. The van der Waals surface area contributed by atoms with E-state index in [-0.39, 0.29) is 11.4 Å². The zero-order chi connectivity index (χ0) is 22.1. The summed E-state index contributed by atoms with van der Waals surface area (Å²) in [5, 5.41) is 0. The van der Waals surface area contributed by atoms with Gasteiger partial charge in [-0.3, -0.25) is 0 Å². The van der Waals surface area contributed by atoms with Crippen molar-refractivity contribution in [3.8, 4) is 0 Å². The summed E-state index contributed by atoms with van der Waals surface area (Å²) < 4.78 is 12.9. The Morgan fingerprint density at radius 3 is 2.35 bits per heavy atom. The number of rotatable bonds is 6. The zero-order valence-electron chi connectivity index (χ0n) is 21.5. The number of ether oxygens (including phenoxy) is 2. The van der Waals surface area contributed by atoms with Crippen molar-refractivity contribution in [2.75, 3.05) is 7.11 Å². The van der Waals surface area contributed by atoms with Crippen molar-refractivity contribution in [2.24, 2.45) is 46.3 Å². The Morgan fingerprint density at radius 2 is 1.61 bits per heavy atom. The average Bonchev–Trinajstić information content (AvgIpc) is 3.25. The highest BCUT2D eigenvalue weighted by Gasteiger charge is 2.69. The molecule has 2 heterocycles. The van der Waals surface area contributed by atoms with Crippen molar-refractivity contribution >= 4 is 0 Å². The van der Waals surface area contributed by atoms with E-state index in [1.54, 1.807) is 0 Å². The highest BCUT2D eigenvalue weighted by molar-refractivity contribution is 5.17. The summed E-state index contributed by atoms with van der Waals surface area (Å²) in [5.41, 5.74) is 1.08. The van der Waals surface area contributed by atoms with Gasteiger partial charge in [-0.05, 0) is 92.3 Å². The predicted octanol–water partition coefficient (Wildman–Crippen LogP) is 7.99. The van der Waals surface area contributed by atoms with Gasteiger partial charge in [-0.25, -0.2) is 0 Å². The third-order valence-electron chi connectivity index (χ3n) is 12.1. The summed E-state index contributed by atoms with van der Waals surface area (Å²) in [6, 6.07) is 0. The maximum absolute atomic E-state index is 6.91. The van der Waals surface area contributed by atoms with Gasteiger partial charge in [0.25, 0.3) is 0 Å². The summed E-state index contributed by atoms with van der Waals surface area (Å²) in [6.45, 7) is 12.7. The summed E-state index contributed by atoms with van der Waals surface area (Å²) in [6.07, 6.45) is 17.7. The van der Waals surface area contributed by atoms with Gasteiger partial charge in [0.15, 0.2) is 5.79 Å². The first kappa shape index (κ1) is 22.7. The Balaban J connectivity index is 1.33. The lowest BCUT2D eigenvalue weighted by Gasteiger charge is -2.64. The van der Waals surface area contributed by atoms with E-state index < -0.39 is 0 Å². The first-order valence-electron chi connectivity index (χ1n) is 13.9. The van der Waals surface area contributed by atoms with Crippen LogP contribution in [0.3, 0.4) is 0 Å². The van der Waals surface area contributed by atoms with Crippen molar-refractivity contribution in [3.63, 3.8) is 0 Å².